The average Bonchev–Trinajstić information content (AvgIpc) is 3.16. The molecule has 0 aliphatic rings. The topological polar surface area (TPSA) is 59.8 Å². The molecule has 0 fully saturated rings. The number of hydrogen-bond acceptors (Lipinski definition) is 4. The van der Waals surface area contributed by atoms with Crippen molar-refractivity contribution >= 4 is 34.5 Å². The summed E-state index contributed by atoms with van der Waals surface area (Å²) in [5.41, 5.74) is 4.61. The molecule has 0 aliphatic carbocycles. The Kier molecular flexibility index (Phi) is 5.54. The van der Waals surface area contributed by atoms with E-state index < -0.39 is 0 Å². The van der Waals surface area contributed by atoms with E-state index in [9.17, 15) is 4.79 Å². The fourth-order valence-electron chi connectivity index (χ4n) is 2.68. The quantitative estimate of drug-likeness (QED) is 0.634. The van der Waals surface area contributed by atoms with E-state index in [1.807, 2.05) is 30.0 Å². The van der Waals surface area contributed by atoms with Crippen LogP contribution in [0, 0.1) is 13.8 Å². The summed E-state index contributed by atoms with van der Waals surface area (Å²) in [7, 11) is 0. The highest BCUT2D eigenvalue weighted by molar-refractivity contribution is 7.12. The van der Waals surface area contributed by atoms with E-state index in [0.717, 1.165) is 28.5 Å². The smallest absolute Gasteiger partial charge is 0.230 e. The predicted molar refractivity (Wildman–Crippen MR) is 106 cm³/mol. The molecular formula is C19H19ClN4OS. The van der Waals surface area contributed by atoms with E-state index in [-0.39, 0.29) is 12.3 Å². The Morgan fingerprint density at radius 3 is 2.77 bits per heavy atom. The van der Waals surface area contributed by atoms with Gasteiger partial charge < -0.3 is 5.32 Å². The van der Waals surface area contributed by atoms with Gasteiger partial charge in [0.15, 0.2) is 0 Å². The monoisotopic (exact) mass is 386 g/mol. The number of rotatable bonds is 6. The second-order valence-corrected chi connectivity index (χ2v) is 7.18. The van der Waals surface area contributed by atoms with Crippen molar-refractivity contribution in [3.8, 4) is 5.13 Å². The van der Waals surface area contributed by atoms with E-state index in [1.54, 1.807) is 24.3 Å². The molecule has 0 saturated carbocycles. The average molecular weight is 387 g/mol. The lowest BCUT2D eigenvalue weighted by Gasteiger charge is -2.04. The van der Waals surface area contributed by atoms with E-state index in [4.69, 9.17) is 11.6 Å². The summed E-state index contributed by atoms with van der Waals surface area (Å²) in [5.74, 6) is -0.120. The number of carbonyl (C=O) groups is 1. The maximum atomic E-state index is 12.2. The summed E-state index contributed by atoms with van der Waals surface area (Å²) in [4.78, 5) is 16.8. The number of hydrogen-bond donors (Lipinski definition) is 1. The number of aromatic nitrogens is 3. The minimum atomic E-state index is -0.120. The van der Waals surface area contributed by atoms with Crippen molar-refractivity contribution < 1.29 is 4.79 Å². The molecule has 0 unspecified atom stereocenters. The van der Waals surface area contributed by atoms with Crippen LogP contribution in [0.1, 0.15) is 22.6 Å². The van der Waals surface area contributed by atoms with Gasteiger partial charge in [-0.1, -0.05) is 17.7 Å². The summed E-state index contributed by atoms with van der Waals surface area (Å²) in [6.07, 6.45) is 2.85. The molecule has 2 aromatic heterocycles. The van der Waals surface area contributed by atoms with Crippen LogP contribution in [0.5, 0.6) is 0 Å². The lowest BCUT2D eigenvalue weighted by molar-refractivity contribution is -0.115. The van der Waals surface area contributed by atoms with Crippen molar-refractivity contribution in [2.24, 2.45) is 0 Å². The Hall–Kier alpha value is -2.44. The molecule has 1 aromatic carbocycles. The van der Waals surface area contributed by atoms with Crippen LogP contribution in [-0.4, -0.2) is 20.7 Å². The Morgan fingerprint density at radius 2 is 2.08 bits per heavy atom. The number of nitrogens with zero attached hydrogens (tertiary/aromatic N) is 3. The molecule has 0 bridgehead atoms. The summed E-state index contributed by atoms with van der Waals surface area (Å²) in [6, 6.07) is 7.01. The van der Waals surface area contributed by atoms with Crippen LogP contribution in [-0.2, 0) is 17.6 Å². The Labute approximate surface area is 161 Å². The number of benzene rings is 1. The third-order valence-corrected chi connectivity index (χ3v) is 5.10. The molecule has 0 atom stereocenters. The van der Waals surface area contributed by atoms with Crippen LogP contribution in [0.15, 0.2) is 42.3 Å². The standard InChI is InChI=1S/C19H19ClN4OS/c1-4-5-17-12(2)23-24(13(17)3)19-22-16(11-26-19)10-18(25)21-15-8-6-14(20)7-9-15/h4,6-9,11H,1,5,10H2,2-3H3,(H,21,25). The molecule has 5 nitrogen and oxygen atoms in total. The minimum Gasteiger partial charge on any atom is -0.326 e. The minimum absolute atomic E-state index is 0.120. The number of carbonyl (C=O) groups excluding carboxylic acids is 1. The van der Waals surface area contributed by atoms with E-state index in [0.29, 0.717) is 16.4 Å². The van der Waals surface area contributed by atoms with Gasteiger partial charge in [-0.3, -0.25) is 4.79 Å². The molecule has 1 amide bonds. The number of amides is 1. The number of allylic oxidation sites excluding steroid dienone is 1. The first kappa shape index (κ1) is 18.4. The van der Waals surface area contributed by atoms with Gasteiger partial charge in [-0.15, -0.1) is 17.9 Å². The lowest BCUT2D eigenvalue weighted by atomic mass is 10.1. The summed E-state index contributed by atoms with van der Waals surface area (Å²) >= 11 is 7.32. The Morgan fingerprint density at radius 1 is 1.35 bits per heavy atom. The van der Waals surface area contributed by atoms with Gasteiger partial charge in [-0.25, -0.2) is 9.67 Å². The maximum absolute atomic E-state index is 12.2. The van der Waals surface area contributed by atoms with Crippen LogP contribution < -0.4 is 5.32 Å². The first-order valence-corrected chi connectivity index (χ1v) is 9.40. The molecule has 0 aliphatic heterocycles. The van der Waals surface area contributed by atoms with Crippen LogP contribution in [0.4, 0.5) is 5.69 Å². The molecule has 0 saturated heterocycles. The highest BCUT2D eigenvalue weighted by atomic mass is 35.5. The molecule has 7 heteroatoms. The van der Waals surface area contributed by atoms with Crippen molar-refractivity contribution in [3.05, 3.63) is 70.0 Å². The molecular weight excluding hydrogens is 368 g/mol. The summed E-state index contributed by atoms with van der Waals surface area (Å²) < 4.78 is 1.83. The molecule has 0 spiro atoms. The highest BCUT2D eigenvalue weighted by Gasteiger charge is 2.15. The number of nitrogens with one attached hydrogen (secondary N) is 1. The van der Waals surface area contributed by atoms with Crippen molar-refractivity contribution in [3.63, 3.8) is 0 Å². The molecule has 1 N–H and O–H groups in total. The highest BCUT2D eigenvalue weighted by Crippen LogP contribution is 2.22. The van der Waals surface area contributed by atoms with Crippen LogP contribution in [0.25, 0.3) is 5.13 Å². The second kappa shape index (κ2) is 7.85. The molecule has 3 rings (SSSR count). The Balaban J connectivity index is 1.72. The Bertz CT molecular complexity index is 943. The van der Waals surface area contributed by atoms with Crippen molar-refractivity contribution in [2.75, 3.05) is 5.32 Å². The molecule has 0 radical (unpaired) electrons. The first-order chi connectivity index (χ1) is 12.5. The third kappa shape index (κ3) is 4.03. The van der Waals surface area contributed by atoms with Gasteiger partial charge in [-0.05, 0) is 44.5 Å². The normalized spacial score (nSPS) is 10.7. The molecule has 134 valence electrons. The summed E-state index contributed by atoms with van der Waals surface area (Å²) in [6.45, 7) is 7.80. The van der Waals surface area contributed by atoms with Crippen molar-refractivity contribution in [1.29, 1.82) is 0 Å². The van der Waals surface area contributed by atoms with Crippen LogP contribution in [0.2, 0.25) is 5.02 Å². The lowest BCUT2D eigenvalue weighted by Crippen LogP contribution is -2.14. The van der Waals surface area contributed by atoms with E-state index in [2.05, 4.69) is 22.0 Å². The van der Waals surface area contributed by atoms with Gasteiger partial charge in [0.25, 0.3) is 0 Å². The van der Waals surface area contributed by atoms with Gasteiger partial charge in [0.05, 0.1) is 17.8 Å². The van der Waals surface area contributed by atoms with Crippen LogP contribution in [0.3, 0.4) is 0 Å². The number of anilines is 1. The number of halogens is 1. The number of aryl methyl sites for hydroxylation is 1. The second-order valence-electron chi connectivity index (χ2n) is 5.91. The zero-order valence-electron chi connectivity index (χ0n) is 14.6. The summed E-state index contributed by atoms with van der Waals surface area (Å²) in [5, 5.41) is 10.7. The van der Waals surface area contributed by atoms with Gasteiger partial charge in [0.1, 0.15) is 0 Å². The number of thiazole rings is 1. The van der Waals surface area contributed by atoms with Crippen molar-refractivity contribution in [2.45, 2.75) is 26.7 Å². The maximum Gasteiger partial charge on any atom is 0.230 e. The molecule has 26 heavy (non-hydrogen) atoms. The predicted octanol–water partition coefficient (Wildman–Crippen LogP) is 4.51. The molecule has 2 heterocycles. The van der Waals surface area contributed by atoms with Crippen molar-refractivity contribution in [1.82, 2.24) is 14.8 Å². The van der Waals surface area contributed by atoms with Crippen LogP contribution >= 0.6 is 22.9 Å². The van der Waals surface area contributed by atoms with Gasteiger partial charge >= 0.3 is 0 Å². The molecule has 3 aromatic rings. The largest absolute Gasteiger partial charge is 0.326 e. The van der Waals surface area contributed by atoms with Gasteiger partial charge in [0.2, 0.25) is 11.0 Å². The zero-order chi connectivity index (χ0) is 18.7. The fraction of sp³-hybridized carbons (Fsp3) is 0.211. The SMILES string of the molecule is C=CCc1c(C)nn(-c2nc(CC(=O)Nc3ccc(Cl)cc3)cs2)c1C. The van der Waals surface area contributed by atoms with E-state index >= 15 is 0 Å². The third-order valence-electron chi connectivity index (χ3n) is 3.98. The first-order valence-electron chi connectivity index (χ1n) is 8.14. The van der Waals surface area contributed by atoms with Gasteiger partial charge in [0, 0.05) is 27.3 Å². The van der Waals surface area contributed by atoms with Gasteiger partial charge in [-0.2, -0.15) is 5.10 Å². The fourth-order valence-corrected chi connectivity index (χ4v) is 3.63. The zero-order valence-corrected chi connectivity index (χ0v) is 16.2. The van der Waals surface area contributed by atoms with E-state index in [1.165, 1.54) is 11.3 Å².